The summed E-state index contributed by atoms with van der Waals surface area (Å²) in [5.41, 5.74) is 0. The number of hydrogen-bond acceptors (Lipinski definition) is 3. The van der Waals surface area contributed by atoms with Crippen molar-refractivity contribution in [3.05, 3.63) is 0 Å². The van der Waals surface area contributed by atoms with Crippen LogP contribution in [0.15, 0.2) is 0 Å². The first-order chi connectivity index (χ1) is 6.42. The molecule has 3 heteroatoms. The molecule has 0 aromatic heterocycles. The van der Waals surface area contributed by atoms with Crippen LogP contribution in [0.2, 0.25) is 0 Å². The van der Waals surface area contributed by atoms with Crippen molar-refractivity contribution in [1.29, 1.82) is 0 Å². The number of hydrogen-bond donors (Lipinski definition) is 1. The summed E-state index contributed by atoms with van der Waals surface area (Å²) in [7, 11) is 0. The van der Waals surface area contributed by atoms with E-state index in [0.29, 0.717) is 12.6 Å². The molecule has 2 atom stereocenters. The van der Waals surface area contributed by atoms with Crippen LogP contribution in [0.3, 0.4) is 0 Å². The molecule has 3 nitrogen and oxygen atoms in total. The SMILES string of the molecule is OCCCN1CCC[C@H]2COC[C@H]21. The van der Waals surface area contributed by atoms with E-state index < -0.39 is 0 Å². The van der Waals surface area contributed by atoms with Gasteiger partial charge in [0.1, 0.15) is 0 Å². The van der Waals surface area contributed by atoms with Gasteiger partial charge in [-0.1, -0.05) is 0 Å². The van der Waals surface area contributed by atoms with Crippen LogP contribution < -0.4 is 0 Å². The Kier molecular flexibility index (Phi) is 3.19. The molecular formula is C10H19NO2. The van der Waals surface area contributed by atoms with Gasteiger partial charge in [0.15, 0.2) is 0 Å². The van der Waals surface area contributed by atoms with E-state index in [1.807, 2.05) is 0 Å². The molecule has 0 radical (unpaired) electrons. The van der Waals surface area contributed by atoms with Crippen molar-refractivity contribution >= 4 is 0 Å². The predicted octanol–water partition coefficient (Wildman–Crippen LogP) is 0.480. The van der Waals surface area contributed by atoms with Crippen LogP contribution in [0.1, 0.15) is 19.3 Å². The van der Waals surface area contributed by atoms with Gasteiger partial charge in [0.2, 0.25) is 0 Å². The molecule has 0 aliphatic carbocycles. The van der Waals surface area contributed by atoms with Crippen molar-refractivity contribution in [2.24, 2.45) is 5.92 Å². The molecule has 0 aromatic rings. The summed E-state index contributed by atoms with van der Waals surface area (Å²) >= 11 is 0. The van der Waals surface area contributed by atoms with Gasteiger partial charge < -0.3 is 9.84 Å². The van der Waals surface area contributed by atoms with Gasteiger partial charge in [-0.15, -0.1) is 0 Å². The lowest BCUT2D eigenvalue weighted by atomic mass is 9.92. The second-order valence-corrected chi connectivity index (χ2v) is 4.12. The first-order valence-electron chi connectivity index (χ1n) is 5.34. The molecule has 2 saturated heterocycles. The Morgan fingerprint density at radius 3 is 3.15 bits per heavy atom. The third-order valence-electron chi connectivity index (χ3n) is 3.26. The monoisotopic (exact) mass is 185 g/mol. The summed E-state index contributed by atoms with van der Waals surface area (Å²) in [6.07, 6.45) is 3.54. The van der Waals surface area contributed by atoms with Crippen LogP contribution in [0.5, 0.6) is 0 Å². The Bertz CT molecular complexity index is 163. The van der Waals surface area contributed by atoms with Crippen LogP contribution in [0, 0.1) is 5.92 Å². The lowest BCUT2D eigenvalue weighted by Gasteiger charge is -2.36. The quantitative estimate of drug-likeness (QED) is 0.694. The molecule has 0 unspecified atom stereocenters. The van der Waals surface area contributed by atoms with Crippen LogP contribution in [-0.4, -0.2) is 49.0 Å². The molecule has 1 N–H and O–H groups in total. The highest BCUT2D eigenvalue weighted by Crippen LogP contribution is 2.28. The van der Waals surface area contributed by atoms with E-state index in [4.69, 9.17) is 9.84 Å². The highest BCUT2D eigenvalue weighted by atomic mass is 16.5. The molecule has 0 bridgehead atoms. The zero-order valence-corrected chi connectivity index (χ0v) is 8.11. The Balaban J connectivity index is 1.86. The average Bonchev–Trinajstić information content (AvgIpc) is 2.62. The molecule has 76 valence electrons. The number of aliphatic hydroxyl groups excluding tert-OH is 1. The van der Waals surface area contributed by atoms with Gasteiger partial charge in [0.25, 0.3) is 0 Å². The van der Waals surface area contributed by atoms with E-state index in [9.17, 15) is 0 Å². The highest BCUT2D eigenvalue weighted by Gasteiger charge is 2.35. The maximum atomic E-state index is 8.78. The largest absolute Gasteiger partial charge is 0.396 e. The number of piperidine rings is 1. The topological polar surface area (TPSA) is 32.7 Å². The summed E-state index contributed by atoms with van der Waals surface area (Å²) in [6, 6.07) is 0.653. The van der Waals surface area contributed by atoms with Gasteiger partial charge >= 0.3 is 0 Å². The third kappa shape index (κ3) is 2.03. The maximum Gasteiger partial charge on any atom is 0.0625 e. The molecule has 2 aliphatic rings. The molecule has 0 saturated carbocycles. The minimum atomic E-state index is 0.314. The molecule has 2 aliphatic heterocycles. The number of ether oxygens (including phenoxy) is 1. The van der Waals surface area contributed by atoms with Crippen molar-refractivity contribution in [1.82, 2.24) is 4.90 Å². The van der Waals surface area contributed by atoms with Crippen molar-refractivity contribution in [3.8, 4) is 0 Å². The fourth-order valence-corrected chi connectivity index (χ4v) is 2.54. The van der Waals surface area contributed by atoms with E-state index in [1.165, 1.54) is 19.4 Å². The average molecular weight is 185 g/mol. The second-order valence-electron chi connectivity index (χ2n) is 4.12. The van der Waals surface area contributed by atoms with Gasteiger partial charge in [0.05, 0.1) is 13.2 Å². The second kappa shape index (κ2) is 4.40. The molecule has 2 rings (SSSR count). The Hall–Kier alpha value is -0.120. The predicted molar refractivity (Wildman–Crippen MR) is 50.6 cm³/mol. The molecule has 0 amide bonds. The Morgan fingerprint density at radius 1 is 1.38 bits per heavy atom. The van der Waals surface area contributed by atoms with E-state index in [2.05, 4.69) is 4.90 Å². The van der Waals surface area contributed by atoms with E-state index in [0.717, 1.165) is 32.1 Å². The van der Waals surface area contributed by atoms with E-state index in [1.54, 1.807) is 0 Å². The smallest absolute Gasteiger partial charge is 0.0625 e. The van der Waals surface area contributed by atoms with Crippen molar-refractivity contribution in [3.63, 3.8) is 0 Å². The molecule has 0 aromatic carbocycles. The summed E-state index contributed by atoms with van der Waals surface area (Å²) in [5.74, 6) is 0.771. The fourth-order valence-electron chi connectivity index (χ4n) is 2.54. The number of nitrogens with zero attached hydrogens (tertiary/aromatic N) is 1. The zero-order valence-electron chi connectivity index (χ0n) is 8.11. The zero-order chi connectivity index (χ0) is 9.10. The molecule has 0 spiro atoms. The lowest BCUT2D eigenvalue weighted by molar-refractivity contribution is 0.108. The fraction of sp³-hybridized carbons (Fsp3) is 1.00. The van der Waals surface area contributed by atoms with E-state index in [-0.39, 0.29) is 0 Å². The number of likely N-dealkylation sites (tertiary alicyclic amines) is 1. The van der Waals surface area contributed by atoms with E-state index >= 15 is 0 Å². The van der Waals surface area contributed by atoms with Crippen molar-refractivity contribution < 1.29 is 9.84 Å². The van der Waals surface area contributed by atoms with Gasteiger partial charge in [-0.2, -0.15) is 0 Å². The summed E-state index contributed by atoms with van der Waals surface area (Å²) in [4.78, 5) is 2.50. The van der Waals surface area contributed by atoms with Gasteiger partial charge in [-0.3, -0.25) is 4.90 Å². The van der Waals surface area contributed by atoms with Crippen molar-refractivity contribution in [2.75, 3.05) is 32.9 Å². The molecule has 2 fully saturated rings. The third-order valence-corrected chi connectivity index (χ3v) is 3.26. The van der Waals surface area contributed by atoms with Crippen LogP contribution in [0.4, 0.5) is 0 Å². The first kappa shape index (κ1) is 9.44. The van der Waals surface area contributed by atoms with Crippen LogP contribution in [0.25, 0.3) is 0 Å². The van der Waals surface area contributed by atoms with Crippen LogP contribution in [-0.2, 0) is 4.74 Å². The Morgan fingerprint density at radius 2 is 2.31 bits per heavy atom. The minimum absolute atomic E-state index is 0.314. The number of fused-ring (bicyclic) bond motifs is 1. The van der Waals surface area contributed by atoms with Crippen LogP contribution >= 0.6 is 0 Å². The molecular weight excluding hydrogens is 166 g/mol. The number of rotatable bonds is 3. The first-order valence-corrected chi connectivity index (χ1v) is 5.34. The highest BCUT2D eigenvalue weighted by molar-refractivity contribution is 4.87. The summed E-state index contributed by atoms with van der Waals surface area (Å²) in [6.45, 7) is 4.43. The van der Waals surface area contributed by atoms with Gasteiger partial charge in [-0.25, -0.2) is 0 Å². The maximum absolute atomic E-state index is 8.78. The normalized spacial score (nSPS) is 34.8. The van der Waals surface area contributed by atoms with Gasteiger partial charge in [-0.05, 0) is 25.8 Å². The summed E-state index contributed by atoms with van der Waals surface area (Å²) < 4.78 is 5.50. The minimum Gasteiger partial charge on any atom is -0.396 e. The molecule has 2 heterocycles. The molecule has 13 heavy (non-hydrogen) atoms. The summed E-state index contributed by atoms with van der Waals surface area (Å²) in [5, 5.41) is 8.78. The van der Waals surface area contributed by atoms with Gasteiger partial charge in [0, 0.05) is 25.1 Å². The Labute approximate surface area is 79.7 Å². The lowest BCUT2D eigenvalue weighted by Crippen LogP contribution is -2.45. The standard InChI is InChI=1S/C10H19NO2/c12-6-2-5-11-4-1-3-9-7-13-8-10(9)11/h9-10,12H,1-8H2/t9-,10+/m0/s1. The number of aliphatic hydroxyl groups is 1. The van der Waals surface area contributed by atoms with Crippen molar-refractivity contribution in [2.45, 2.75) is 25.3 Å².